The molecular weight excluding hydrogens is 533 g/mol. The van der Waals surface area contributed by atoms with E-state index < -0.39 is 17.8 Å². The normalized spacial score (nSPS) is 14.6. The maximum atomic E-state index is 14.6. The second kappa shape index (κ2) is 11.4. The number of aryl methyl sites for hydroxylation is 1. The highest BCUT2D eigenvalue weighted by atomic mass is 35.5. The molecule has 1 aliphatic rings. The van der Waals surface area contributed by atoms with Crippen molar-refractivity contribution in [3.8, 4) is 17.2 Å². The van der Waals surface area contributed by atoms with Crippen molar-refractivity contribution in [1.82, 2.24) is 19.9 Å². The first kappa shape index (κ1) is 27.2. The molecule has 0 aliphatic carbocycles. The van der Waals surface area contributed by atoms with E-state index >= 15 is 0 Å². The van der Waals surface area contributed by atoms with Gasteiger partial charge in [0.2, 0.25) is 5.95 Å². The number of rotatable bonds is 7. The van der Waals surface area contributed by atoms with E-state index in [0.29, 0.717) is 59.7 Å². The fourth-order valence-electron chi connectivity index (χ4n) is 4.85. The number of benzene rings is 2. The molecule has 0 radical (unpaired) electrons. The van der Waals surface area contributed by atoms with Gasteiger partial charge in [-0.25, -0.2) is 14.4 Å². The molecule has 11 heteroatoms. The molecule has 1 fully saturated rings. The zero-order valence-corrected chi connectivity index (χ0v) is 22.8. The summed E-state index contributed by atoms with van der Waals surface area (Å²) in [7, 11) is 0. The van der Waals surface area contributed by atoms with Crippen molar-refractivity contribution in [3.05, 3.63) is 76.5 Å². The summed E-state index contributed by atoms with van der Waals surface area (Å²) in [6.07, 6.45) is 3.52. The first-order valence-electron chi connectivity index (χ1n) is 12.8. The lowest BCUT2D eigenvalue weighted by atomic mass is 10.0. The molecule has 4 aromatic rings. The molecular formula is C29H27ClFN7O2. The van der Waals surface area contributed by atoms with Gasteiger partial charge in [-0.3, -0.25) is 14.7 Å². The number of aromatic nitrogens is 3. The average molecular weight is 560 g/mol. The Morgan fingerprint density at radius 2 is 1.88 bits per heavy atom. The van der Waals surface area contributed by atoms with Crippen LogP contribution in [0.3, 0.4) is 0 Å². The van der Waals surface area contributed by atoms with Gasteiger partial charge in [0.05, 0.1) is 46.1 Å². The molecule has 2 aromatic heterocycles. The highest BCUT2D eigenvalue weighted by molar-refractivity contribution is 6.35. The van der Waals surface area contributed by atoms with Crippen LogP contribution in [-0.4, -0.2) is 63.7 Å². The van der Waals surface area contributed by atoms with Crippen LogP contribution in [0, 0.1) is 24.1 Å². The number of hydrogen-bond donors (Lipinski definition) is 2. The van der Waals surface area contributed by atoms with Gasteiger partial charge in [-0.15, -0.1) is 0 Å². The summed E-state index contributed by atoms with van der Waals surface area (Å²) in [5.74, 6) is -0.645. The van der Waals surface area contributed by atoms with Gasteiger partial charge in [-0.2, -0.15) is 5.26 Å². The van der Waals surface area contributed by atoms with Crippen molar-refractivity contribution in [1.29, 1.82) is 5.26 Å². The molecule has 1 atom stereocenters. The molecule has 1 saturated heterocycles. The highest BCUT2D eigenvalue weighted by Crippen LogP contribution is 2.37. The Bertz CT molecular complexity index is 1620. The maximum Gasteiger partial charge on any atom is 0.317 e. The molecule has 1 aliphatic heterocycles. The third-order valence-corrected chi connectivity index (χ3v) is 7.49. The van der Waals surface area contributed by atoms with Gasteiger partial charge in [-0.05, 0) is 49.7 Å². The van der Waals surface area contributed by atoms with Gasteiger partial charge in [0.25, 0.3) is 0 Å². The summed E-state index contributed by atoms with van der Waals surface area (Å²) in [4.78, 5) is 28.7. The van der Waals surface area contributed by atoms with Crippen LogP contribution in [0.25, 0.3) is 22.0 Å². The summed E-state index contributed by atoms with van der Waals surface area (Å²) >= 11 is 6.71. The summed E-state index contributed by atoms with van der Waals surface area (Å²) in [6.45, 7) is 6.23. The van der Waals surface area contributed by atoms with Crippen LogP contribution in [0.1, 0.15) is 29.8 Å². The van der Waals surface area contributed by atoms with E-state index in [-0.39, 0.29) is 6.54 Å². The quantitative estimate of drug-likeness (QED) is 0.321. The summed E-state index contributed by atoms with van der Waals surface area (Å²) in [5, 5.41) is 22.8. The first-order valence-corrected chi connectivity index (χ1v) is 13.2. The predicted octanol–water partition coefficient (Wildman–Crippen LogP) is 5.04. The van der Waals surface area contributed by atoms with E-state index in [2.05, 4.69) is 26.3 Å². The van der Waals surface area contributed by atoms with Crippen LogP contribution >= 0.6 is 11.6 Å². The molecule has 3 heterocycles. The lowest BCUT2D eigenvalue weighted by Crippen LogP contribution is -2.48. The number of anilines is 2. The smallest absolute Gasteiger partial charge is 0.317 e. The minimum absolute atomic E-state index is 0.0326. The second-order valence-electron chi connectivity index (χ2n) is 9.76. The molecule has 2 N–H and O–H groups in total. The van der Waals surface area contributed by atoms with Crippen molar-refractivity contribution in [2.45, 2.75) is 19.9 Å². The monoisotopic (exact) mass is 559 g/mol. The number of nitrogens with zero attached hydrogens (tertiary/aromatic N) is 6. The Labute approximate surface area is 235 Å². The summed E-state index contributed by atoms with van der Waals surface area (Å²) in [5.41, 5.74) is 4.39. The topological polar surface area (TPSA) is 118 Å². The van der Waals surface area contributed by atoms with Crippen LogP contribution in [0.2, 0.25) is 5.02 Å². The summed E-state index contributed by atoms with van der Waals surface area (Å²) < 4.78 is 14.6. The van der Waals surface area contributed by atoms with E-state index in [4.69, 9.17) is 16.7 Å². The number of carboxylic acids is 1. The highest BCUT2D eigenvalue weighted by Gasteiger charge is 2.21. The van der Waals surface area contributed by atoms with Crippen molar-refractivity contribution in [2.24, 2.45) is 0 Å². The third-order valence-electron chi connectivity index (χ3n) is 7.03. The number of pyridine rings is 1. The molecule has 204 valence electrons. The number of fused-ring (bicyclic) bond motifs is 1. The Morgan fingerprint density at radius 3 is 2.55 bits per heavy atom. The molecule has 1 unspecified atom stereocenters. The van der Waals surface area contributed by atoms with Crippen LogP contribution in [0.4, 0.5) is 16.0 Å². The predicted molar refractivity (Wildman–Crippen MR) is 152 cm³/mol. The lowest BCUT2D eigenvalue weighted by molar-refractivity contribution is -0.138. The summed E-state index contributed by atoms with van der Waals surface area (Å²) in [6, 6.07) is 11.6. The minimum atomic E-state index is -0.829. The van der Waals surface area contributed by atoms with Gasteiger partial charge >= 0.3 is 5.97 Å². The van der Waals surface area contributed by atoms with E-state index in [0.717, 1.165) is 22.0 Å². The Morgan fingerprint density at radius 1 is 1.15 bits per heavy atom. The SMILES string of the molecule is Cc1nc2ccc(-c3cnc(N4CCN(CC(=O)O)CC4)nc3)cc2c(NC(C)c2cc(C#N)ccc2F)c1Cl. The van der Waals surface area contributed by atoms with Crippen LogP contribution < -0.4 is 10.2 Å². The lowest BCUT2D eigenvalue weighted by Gasteiger charge is -2.33. The van der Waals surface area contributed by atoms with Crippen molar-refractivity contribution < 1.29 is 14.3 Å². The van der Waals surface area contributed by atoms with Gasteiger partial charge in [-0.1, -0.05) is 17.7 Å². The fraction of sp³-hybridized carbons (Fsp3) is 0.276. The fourth-order valence-corrected chi connectivity index (χ4v) is 5.05. The van der Waals surface area contributed by atoms with E-state index in [1.54, 1.807) is 12.4 Å². The van der Waals surface area contributed by atoms with Crippen molar-refractivity contribution in [2.75, 3.05) is 42.9 Å². The number of halogens is 2. The number of carbonyl (C=O) groups is 1. The number of nitrogens with one attached hydrogen (secondary N) is 1. The number of piperazine rings is 1. The maximum absolute atomic E-state index is 14.6. The van der Waals surface area contributed by atoms with Crippen LogP contribution in [-0.2, 0) is 4.79 Å². The van der Waals surface area contributed by atoms with Crippen molar-refractivity contribution in [3.63, 3.8) is 0 Å². The van der Waals surface area contributed by atoms with Gasteiger partial charge in [0.1, 0.15) is 5.82 Å². The number of carboxylic acid groups (broad SMARTS) is 1. The molecule has 0 spiro atoms. The van der Waals surface area contributed by atoms with E-state index in [9.17, 15) is 14.4 Å². The third kappa shape index (κ3) is 5.66. The van der Waals surface area contributed by atoms with Gasteiger partial charge < -0.3 is 15.3 Å². The molecule has 0 saturated carbocycles. The van der Waals surface area contributed by atoms with Crippen LogP contribution in [0.15, 0.2) is 48.8 Å². The number of hydrogen-bond acceptors (Lipinski definition) is 8. The molecule has 5 rings (SSSR count). The number of aliphatic carboxylic acids is 1. The van der Waals surface area contributed by atoms with E-state index in [1.807, 2.05) is 41.8 Å². The first-order chi connectivity index (χ1) is 19.2. The Balaban J connectivity index is 1.42. The molecule has 9 nitrogen and oxygen atoms in total. The standard InChI is InChI=1S/C29H27ClFN7O2/c1-17(22-11-19(13-32)3-5-24(22)31)36-28-23-12-20(4-6-25(23)35-18(2)27(28)30)21-14-33-29(34-15-21)38-9-7-37(8-10-38)16-26(39)40/h3-6,11-12,14-15,17H,7-10,16H2,1-2H3,(H,35,36)(H,39,40). The van der Waals surface area contributed by atoms with Gasteiger partial charge in [0, 0.05) is 55.1 Å². The molecule has 40 heavy (non-hydrogen) atoms. The molecule has 0 bridgehead atoms. The molecule has 2 aromatic carbocycles. The second-order valence-corrected chi connectivity index (χ2v) is 10.1. The van der Waals surface area contributed by atoms with Crippen LogP contribution in [0.5, 0.6) is 0 Å². The largest absolute Gasteiger partial charge is 0.480 e. The van der Waals surface area contributed by atoms with Gasteiger partial charge in [0.15, 0.2) is 0 Å². The van der Waals surface area contributed by atoms with E-state index in [1.165, 1.54) is 18.2 Å². The Kier molecular flexibility index (Phi) is 7.78. The van der Waals surface area contributed by atoms with Crippen molar-refractivity contribution >= 4 is 40.1 Å². The zero-order chi connectivity index (χ0) is 28.4. The molecule has 0 amide bonds. The number of nitriles is 1. The average Bonchev–Trinajstić information content (AvgIpc) is 2.95. The minimum Gasteiger partial charge on any atom is -0.480 e. The zero-order valence-electron chi connectivity index (χ0n) is 22.0. The Hall–Kier alpha value is -4.33.